The average molecular weight is 535 g/mol. The van der Waals surface area contributed by atoms with E-state index < -0.39 is 0 Å². The molecule has 3 aromatic rings. The van der Waals surface area contributed by atoms with E-state index in [9.17, 15) is 18.8 Å². The molecule has 2 heterocycles. The zero-order valence-electron chi connectivity index (χ0n) is 23.0. The van der Waals surface area contributed by atoms with Crippen LogP contribution >= 0.6 is 0 Å². The van der Waals surface area contributed by atoms with Crippen molar-refractivity contribution in [1.82, 2.24) is 20.4 Å². The number of methoxy groups -OCH3 is 1. The van der Waals surface area contributed by atoms with E-state index in [1.54, 1.807) is 36.3 Å². The van der Waals surface area contributed by atoms with Crippen molar-refractivity contribution < 1.29 is 18.7 Å². The zero-order valence-corrected chi connectivity index (χ0v) is 23.0. The highest BCUT2D eigenvalue weighted by Gasteiger charge is 2.45. The lowest BCUT2D eigenvalue weighted by Gasteiger charge is -2.34. The first-order chi connectivity index (χ1) is 18.6. The monoisotopic (exact) mass is 534 g/mol. The number of carbonyl (C=O) groups is 2. The van der Waals surface area contributed by atoms with Gasteiger partial charge >= 0.3 is 0 Å². The molecule has 1 aliphatic heterocycles. The summed E-state index contributed by atoms with van der Waals surface area (Å²) in [5.41, 5.74) is 3.97. The molecule has 206 valence electrons. The molecule has 9 heteroatoms. The molecule has 1 saturated heterocycles. The van der Waals surface area contributed by atoms with Gasteiger partial charge in [0.15, 0.2) is 0 Å². The third-order valence-electron chi connectivity index (χ3n) is 7.40. The second kappa shape index (κ2) is 11.9. The maximum absolute atomic E-state index is 14.0. The van der Waals surface area contributed by atoms with Crippen LogP contribution in [0.1, 0.15) is 64.6 Å². The Kier molecular flexibility index (Phi) is 8.60. The number of amides is 2. The number of hydrogen-bond donors (Lipinski definition) is 2. The van der Waals surface area contributed by atoms with E-state index in [1.807, 2.05) is 39.8 Å². The van der Waals surface area contributed by atoms with E-state index in [1.165, 1.54) is 12.1 Å². The molecule has 1 fully saturated rings. The standard InChI is InChI=1S/C30H35FN4O4/c1-17(2)28-26(39-5)15-25(21-7-6-8-24(31)14-21)35(28)27(36)16-32-29(37)22-10-9-20(18(3)11-22)13-23-12-19(4)33-34-30(23)38/h6-12,14,17,25-26,28H,13,15-16H2,1-5H3,(H,32,37)(H,34,38)/t25-,26+,28-/m0/s1. The van der Waals surface area contributed by atoms with E-state index in [4.69, 9.17) is 4.74 Å². The van der Waals surface area contributed by atoms with E-state index in [-0.39, 0.29) is 53.8 Å². The highest BCUT2D eigenvalue weighted by Crippen LogP contribution is 2.40. The molecule has 2 N–H and O–H groups in total. The minimum absolute atomic E-state index is 0.0970. The third kappa shape index (κ3) is 6.25. The van der Waals surface area contributed by atoms with Gasteiger partial charge in [-0.15, -0.1) is 0 Å². The number of aromatic nitrogens is 2. The molecule has 4 rings (SSSR count). The maximum Gasteiger partial charge on any atom is 0.267 e. The SMILES string of the molecule is CO[C@@H]1C[C@@H](c2cccc(F)c2)N(C(=O)CNC(=O)c2ccc(Cc3cc(C)n[nH]c3=O)c(C)c2)[C@H]1C(C)C. The molecule has 39 heavy (non-hydrogen) atoms. The van der Waals surface area contributed by atoms with Gasteiger partial charge in [0.05, 0.1) is 30.4 Å². The molecule has 0 radical (unpaired) electrons. The summed E-state index contributed by atoms with van der Waals surface area (Å²) in [6.45, 7) is 7.54. The van der Waals surface area contributed by atoms with Gasteiger partial charge in [-0.25, -0.2) is 9.49 Å². The first-order valence-electron chi connectivity index (χ1n) is 13.1. The summed E-state index contributed by atoms with van der Waals surface area (Å²) in [5, 5.41) is 9.15. The molecular formula is C30H35FN4O4. The van der Waals surface area contributed by atoms with Crippen LogP contribution in [0.4, 0.5) is 4.39 Å². The number of hydrogen-bond acceptors (Lipinski definition) is 5. The summed E-state index contributed by atoms with van der Waals surface area (Å²) in [4.78, 5) is 40.4. The molecule has 0 spiro atoms. The van der Waals surface area contributed by atoms with Crippen molar-refractivity contribution in [3.05, 3.63) is 98.2 Å². The fourth-order valence-electron chi connectivity index (χ4n) is 5.48. The van der Waals surface area contributed by atoms with Crippen LogP contribution in [0.3, 0.4) is 0 Å². The fraction of sp³-hybridized carbons (Fsp3) is 0.400. The summed E-state index contributed by atoms with van der Waals surface area (Å²) < 4.78 is 19.8. The molecule has 0 saturated carbocycles. The molecule has 1 aromatic heterocycles. The number of nitrogens with zero attached hydrogens (tertiary/aromatic N) is 2. The summed E-state index contributed by atoms with van der Waals surface area (Å²) in [5.74, 6) is -0.893. The van der Waals surface area contributed by atoms with Crippen molar-refractivity contribution in [3.8, 4) is 0 Å². The summed E-state index contributed by atoms with van der Waals surface area (Å²) in [7, 11) is 1.62. The van der Waals surface area contributed by atoms with E-state index in [2.05, 4.69) is 15.5 Å². The maximum atomic E-state index is 14.0. The fourth-order valence-corrected chi connectivity index (χ4v) is 5.48. The van der Waals surface area contributed by atoms with Crippen LogP contribution in [0.25, 0.3) is 0 Å². The third-order valence-corrected chi connectivity index (χ3v) is 7.40. The Balaban J connectivity index is 1.48. The number of rotatable bonds is 8. The smallest absolute Gasteiger partial charge is 0.267 e. The Morgan fingerprint density at radius 3 is 2.59 bits per heavy atom. The highest BCUT2D eigenvalue weighted by atomic mass is 19.1. The Morgan fingerprint density at radius 2 is 1.92 bits per heavy atom. The number of carbonyl (C=O) groups excluding carboxylic acids is 2. The number of aromatic amines is 1. The van der Waals surface area contributed by atoms with Gasteiger partial charge in [0, 0.05) is 31.1 Å². The minimum atomic E-state index is -0.374. The van der Waals surface area contributed by atoms with Crippen LogP contribution in [0, 0.1) is 25.6 Å². The second-order valence-electron chi connectivity index (χ2n) is 10.5. The number of ether oxygens (including phenoxy) is 1. The Hall–Kier alpha value is -3.85. The van der Waals surface area contributed by atoms with Gasteiger partial charge in [-0.2, -0.15) is 5.10 Å². The van der Waals surface area contributed by atoms with Crippen molar-refractivity contribution in [2.24, 2.45) is 5.92 Å². The number of aryl methyl sites for hydroxylation is 2. The number of nitrogens with one attached hydrogen (secondary N) is 2. The Morgan fingerprint density at radius 1 is 1.15 bits per heavy atom. The molecule has 0 aliphatic carbocycles. The van der Waals surface area contributed by atoms with Gasteiger partial charge in [0.25, 0.3) is 11.5 Å². The van der Waals surface area contributed by atoms with E-state index in [0.717, 1.165) is 16.8 Å². The lowest BCUT2D eigenvalue weighted by molar-refractivity contribution is -0.135. The largest absolute Gasteiger partial charge is 0.379 e. The van der Waals surface area contributed by atoms with Crippen LogP contribution in [-0.2, 0) is 16.0 Å². The van der Waals surface area contributed by atoms with Gasteiger partial charge in [0.2, 0.25) is 5.91 Å². The molecule has 0 unspecified atom stereocenters. The highest BCUT2D eigenvalue weighted by molar-refractivity contribution is 5.96. The molecule has 2 amide bonds. The van der Waals surface area contributed by atoms with Gasteiger partial charge in [-0.05, 0) is 66.8 Å². The lowest BCUT2D eigenvalue weighted by atomic mass is 9.98. The quantitative estimate of drug-likeness (QED) is 0.457. The van der Waals surface area contributed by atoms with E-state index >= 15 is 0 Å². The van der Waals surface area contributed by atoms with Crippen LogP contribution in [0.5, 0.6) is 0 Å². The van der Waals surface area contributed by atoms with Gasteiger partial charge < -0.3 is 15.0 Å². The van der Waals surface area contributed by atoms with Crippen LogP contribution in [0.2, 0.25) is 0 Å². The van der Waals surface area contributed by atoms with Crippen molar-refractivity contribution in [3.63, 3.8) is 0 Å². The van der Waals surface area contributed by atoms with Gasteiger partial charge in [-0.3, -0.25) is 14.4 Å². The Bertz CT molecular complexity index is 1420. The van der Waals surface area contributed by atoms with Crippen LogP contribution < -0.4 is 10.9 Å². The normalized spacial score (nSPS) is 18.9. The minimum Gasteiger partial charge on any atom is -0.379 e. The summed E-state index contributed by atoms with van der Waals surface area (Å²) in [6, 6.07) is 12.7. The Labute approximate surface area is 227 Å². The van der Waals surface area contributed by atoms with Gasteiger partial charge in [-0.1, -0.05) is 32.0 Å². The molecule has 2 aromatic carbocycles. The zero-order chi connectivity index (χ0) is 28.3. The second-order valence-corrected chi connectivity index (χ2v) is 10.5. The molecule has 8 nitrogen and oxygen atoms in total. The van der Waals surface area contributed by atoms with Crippen molar-refractivity contribution in [1.29, 1.82) is 0 Å². The number of likely N-dealkylation sites (tertiary alicyclic amines) is 1. The van der Waals surface area contributed by atoms with Gasteiger partial charge in [0.1, 0.15) is 5.82 Å². The van der Waals surface area contributed by atoms with Crippen LogP contribution in [0.15, 0.2) is 53.3 Å². The van der Waals surface area contributed by atoms with Crippen LogP contribution in [-0.4, -0.2) is 52.7 Å². The number of benzene rings is 2. The van der Waals surface area contributed by atoms with E-state index in [0.29, 0.717) is 29.5 Å². The summed E-state index contributed by atoms with van der Waals surface area (Å²) in [6.07, 6.45) is 0.756. The predicted octanol–water partition coefficient (Wildman–Crippen LogP) is 3.86. The topological polar surface area (TPSA) is 104 Å². The first kappa shape index (κ1) is 28.2. The lowest BCUT2D eigenvalue weighted by Crippen LogP contribution is -2.48. The molecular weight excluding hydrogens is 499 g/mol. The van der Waals surface area contributed by atoms with Crippen molar-refractivity contribution in [2.75, 3.05) is 13.7 Å². The van der Waals surface area contributed by atoms with Crippen molar-refractivity contribution in [2.45, 2.75) is 58.7 Å². The molecule has 1 aliphatic rings. The molecule has 0 bridgehead atoms. The number of H-pyrrole nitrogens is 1. The first-order valence-corrected chi connectivity index (χ1v) is 13.1. The molecule has 3 atom stereocenters. The van der Waals surface area contributed by atoms with Crippen molar-refractivity contribution >= 4 is 11.8 Å². The number of halogens is 1. The average Bonchev–Trinajstić information content (AvgIpc) is 3.30. The predicted molar refractivity (Wildman–Crippen MR) is 146 cm³/mol. The summed E-state index contributed by atoms with van der Waals surface area (Å²) >= 11 is 0.